The number of nitrogens with one attached hydrogen (secondary N) is 1. The number of H-pyrrole nitrogens is 1. The average molecular weight is 291 g/mol. The Morgan fingerprint density at radius 3 is 3.00 bits per heavy atom. The Morgan fingerprint density at radius 2 is 2.30 bits per heavy atom. The molecule has 0 saturated carbocycles. The predicted octanol–water partition coefficient (Wildman–Crippen LogP) is 1.97. The number of aromatic amines is 1. The Balaban J connectivity index is 2.35. The summed E-state index contributed by atoms with van der Waals surface area (Å²) in [7, 11) is 0. The highest BCUT2D eigenvalue weighted by atomic mass is 32.2. The largest absolute Gasteiger partial charge is 0.478 e. The van der Waals surface area contributed by atoms with Crippen molar-refractivity contribution < 1.29 is 9.90 Å². The number of hydrogen-bond acceptors (Lipinski definition) is 5. The zero-order chi connectivity index (χ0) is 14.5. The van der Waals surface area contributed by atoms with Gasteiger partial charge < -0.3 is 10.1 Å². The zero-order valence-corrected chi connectivity index (χ0v) is 11.6. The lowest BCUT2D eigenvalue weighted by molar-refractivity contribution is 0.0692. The van der Waals surface area contributed by atoms with Crippen LogP contribution in [0.15, 0.2) is 39.4 Å². The normalized spacial score (nSPS) is 10.4. The fraction of sp³-hybridized carbons (Fsp3) is 0.231. The molecule has 0 bridgehead atoms. The summed E-state index contributed by atoms with van der Waals surface area (Å²) in [5, 5.41) is 9.74. The summed E-state index contributed by atoms with van der Waals surface area (Å²) in [4.78, 5) is 33.6. The minimum absolute atomic E-state index is 0.0843. The topological polar surface area (TPSA) is 95.9 Å². The van der Waals surface area contributed by atoms with Crippen molar-refractivity contribution in [1.82, 2.24) is 15.0 Å². The lowest BCUT2D eigenvalue weighted by Crippen LogP contribution is -2.10. The predicted molar refractivity (Wildman–Crippen MR) is 74.2 cm³/mol. The van der Waals surface area contributed by atoms with E-state index in [1.54, 1.807) is 6.07 Å². The fourth-order valence-electron chi connectivity index (χ4n) is 1.64. The third-order valence-corrected chi connectivity index (χ3v) is 3.38. The highest BCUT2D eigenvalue weighted by Crippen LogP contribution is 2.25. The summed E-state index contributed by atoms with van der Waals surface area (Å²) in [6.07, 6.45) is 3.08. The van der Waals surface area contributed by atoms with Crippen LogP contribution in [0.1, 0.15) is 29.4 Å². The molecule has 0 aliphatic carbocycles. The molecule has 2 heterocycles. The van der Waals surface area contributed by atoms with Gasteiger partial charge in [-0.1, -0.05) is 13.3 Å². The summed E-state index contributed by atoms with van der Waals surface area (Å²) >= 11 is 1.04. The molecule has 0 saturated heterocycles. The summed E-state index contributed by atoms with van der Waals surface area (Å²) in [5.41, 5.74) is 0.520. The first-order chi connectivity index (χ1) is 9.60. The molecule has 0 aromatic carbocycles. The quantitative estimate of drug-likeness (QED) is 0.818. The molecule has 2 rings (SSSR count). The first-order valence-electron chi connectivity index (χ1n) is 6.06. The Bertz CT molecular complexity index is 685. The van der Waals surface area contributed by atoms with Gasteiger partial charge in [0.1, 0.15) is 5.03 Å². The number of carboxylic acids is 1. The summed E-state index contributed by atoms with van der Waals surface area (Å²) in [5.74, 6) is -1.06. The molecule has 20 heavy (non-hydrogen) atoms. The summed E-state index contributed by atoms with van der Waals surface area (Å²) in [6.45, 7) is 2.00. The number of carbonyl (C=O) groups is 1. The van der Waals surface area contributed by atoms with E-state index in [1.165, 1.54) is 18.3 Å². The van der Waals surface area contributed by atoms with E-state index in [-0.39, 0.29) is 11.1 Å². The number of rotatable bonds is 5. The van der Waals surface area contributed by atoms with Crippen molar-refractivity contribution in [2.75, 3.05) is 0 Å². The van der Waals surface area contributed by atoms with Crippen LogP contribution >= 0.6 is 11.8 Å². The molecule has 6 nitrogen and oxygen atoms in total. The van der Waals surface area contributed by atoms with Crippen LogP contribution in [0, 0.1) is 0 Å². The lowest BCUT2D eigenvalue weighted by Gasteiger charge is -2.05. The molecular formula is C13H13N3O3S. The minimum Gasteiger partial charge on any atom is -0.478 e. The van der Waals surface area contributed by atoms with E-state index < -0.39 is 5.97 Å². The maximum absolute atomic E-state index is 11.5. The van der Waals surface area contributed by atoms with Gasteiger partial charge in [-0.2, -0.15) is 0 Å². The fourth-order valence-corrected chi connectivity index (χ4v) is 2.52. The van der Waals surface area contributed by atoms with E-state index in [9.17, 15) is 9.59 Å². The van der Waals surface area contributed by atoms with Gasteiger partial charge in [-0.3, -0.25) is 4.79 Å². The van der Waals surface area contributed by atoms with Gasteiger partial charge in [0.05, 0.1) is 5.56 Å². The maximum atomic E-state index is 11.5. The van der Waals surface area contributed by atoms with Gasteiger partial charge in [0, 0.05) is 18.0 Å². The second-order valence-electron chi connectivity index (χ2n) is 4.06. The third kappa shape index (κ3) is 3.45. The molecule has 2 aromatic rings. The van der Waals surface area contributed by atoms with E-state index in [0.717, 1.165) is 18.2 Å². The zero-order valence-electron chi connectivity index (χ0n) is 10.8. The third-order valence-electron chi connectivity index (χ3n) is 2.47. The molecule has 2 aromatic heterocycles. The van der Waals surface area contributed by atoms with Crippen LogP contribution < -0.4 is 5.56 Å². The summed E-state index contributed by atoms with van der Waals surface area (Å²) < 4.78 is 0. The van der Waals surface area contributed by atoms with Crippen LogP contribution in [-0.2, 0) is 6.42 Å². The van der Waals surface area contributed by atoms with E-state index >= 15 is 0 Å². The van der Waals surface area contributed by atoms with Crippen molar-refractivity contribution in [3.05, 3.63) is 46.0 Å². The lowest BCUT2D eigenvalue weighted by atomic mass is 10.2. The van der Waals surface area contributed by atoms with Crippen molar-refractivity contribution in [3.8, 4) is 0 Å². The van der Waals surface area contributed by atoms with Gasteiger partial charge in [-0.25, -0.2) is 14.8 Å². The van der Waals surface area contributed by atoms with Crippen LogP contribution in [0.4, 0.5) is 0 Å². The number of aromatic nitrogens is 3. The van der Waals surface area contributed by atoms with Gasteiger partial charge >= 0.3 is 5.97 Å². The number of carboxylic acid groups (broad SMARTS) is 1. The monoisotopic (exact) mass is 291 g/mol. The van der Waals surface area contributed by atoms with E-state index in [1.807, 2.05) is 6.92 Å². The van der Waals surface area contributed by atoms with Crippen molar-refractivity contribution in [2.45, 2.75) is 29.9 Å². The van der Waals surface area contributed by atoms with Crippen LogP contribution in [0.25, 0.3) is 0 Å². The maximum Gasteiger partial charge on any atom is 0.338 e. The van der Waals surface area contributed by atoms with E-state index in [4.69, 9.17) is 5.11 Å². The minimum atomic E-state index is -1.06. The molecule has 0 atom stereocenters. The summed E-state index contributed by atoms with van der Waals surface area (Å²) in [6, 6.07) is 4.47. The van der Waals surface area contributed by atoms with E-state index in [2.05, 4.69) is 15.0 Å². The smallest absolute Gasteiger partial charge is 0.338 e. The SMILES string of the molecule is CCCc1cc(=O)[nH]c(Sc2ncccc2C(=O)O)n1. The number of hydrogen-bond donors (Lipinski definition) is 2. The number of aromatic carboxylic acids is 1. The first kappa shape index (κ1) is 14.3. The van der Waals surface area contributed by atoms with Crippen LogP contribution in [-0.4, -0.2) is 26.0 Å². The van der Waals surface area contributed by atoms with Crippen LogP contribution in [0.2, 0.25) is 0 Å². The molecule has 7 heteroatoms. The molecule has 0 unspecified atom stereocenters. The van der Waals surface area contributed by atoms with Crippen LogP contribution in [0.3, 0.4) is 0 Å². The Hall–Kier alpha value is -2.15. The Morgan fingerprint density at radius 1 is 1.50 bits per heavy atom. The van der Waals surface area contributed by atoms with E-state index in [0.29, 0.717) is 22.3 Å². The number of nitrogens with zero attached hydrogens (tertiary/aromatic N) is 2. The average Bonchev–Trinajstić information content (AvgIpc) is 2.38. The second kappa shape index (κ2) is 6.33. The van der Waals surface area contributed by atoms with Crippen molar-refractivity contribution in [2.24, 2.45) is 0 Å². The Kier molecular flexibility index (Phi) is 4.52. The molecule has 0 radical (unpaired) electrons. The molecule has 0 amide bonds. The highest BCUT2D eigenvalue weighted by molar-refractivity contribution is 7.99. The molecule has 2 N–H and O–H groups in total. The van der Waals surface area contributed by atoms with Gasteiger partial charge in [0.2, 0.25) is 0 Å². The second-order valence-corrected chi connectivity index (χ2v) is 5.03. The van der Waals surface area contributed by atoms with Crippen LogP contribution in [0.5, 0.6) is 0 Å². The first-order valence-corrected chi connectivity index (χ1v) is 6.88. The highest BCUT2D eigenvalue weighted by Gasteiger charge is 2.13. The Labute approximate surface area is 119 Å². The number of pyridine rings is 1. The molecule has 104 valence electrons. The molecule has 0 aliphatic rings. The van der Waals surface area contributed by atoms with Gasteiger partial charge in [-0.15, -0.1) is 0 Å². The molecule has 0 spiro atoms. The van der Waals surface area contributed by atoms with Crippen molar-refractivity contribution in [3.63, 3.8) is 0 Å². The van der Waals surface area contributed by atoms with Crippen molar-refractivity contribution in [1.29, 1.82) is 0 Å². The van der Waals surface area contributed by atoms with Gasteiger partial charge in [0.25, 0.3) is 5.56 Å². The molecule has 0 fully saturated rings. The molecule has 0 aliphatic heterocycles. The van der Waals surface area contributed by atoms with Gasteiger partial charge in [0.15, 0.2) is 5.16 Å². The number of aryl methyl sites for hydroxylation is 1. The molecular weight excluding hydrogens is 278 g/mol. The van der Waals surface area contributed by atoms with Gasteiger partial charge in [-0.05, 0) is 30.3 Å². The van der Waals surface area contributed by atoms with Crippen molar-refractivity contribution >= 4 is 17.7 Å². The standard InChI is InChI=1S/C13H13N3O3S/c1-2-4-8-7-10(17)16-13(15-8)20-11-9(12(18)19)5-3-6-14-11/h3,5-7H,2,4H2,1H3,(H,18,19)(H,15,16,17).